The maximum absolute atomic E-state index is 5.85. The van der Waals surface area contributed by atoms with E-state index in [1.54, 1.807) is 0 Å². The van der Waals surface area contributed by atoms with Crippen LogP contribution < -0.4 is 5.32 Å². The molecule has 0 aromatic carbocycles. The van der Waals surface area contributed by atoms with Gasteiger partial charge in [-0.05, 0) is 38.3 Å². The predicted octanol–water partition coefficient (Wildman–Crippen LogP) is 2.40. The van der Waals surface area contributed by atoms with Crippen LogP contribution in [0.5, 0.6) is 0 Å². The number of hydrogen-bond donors (Lipinski definition) is 1. The average molecular weight is 280 g/mol. The molecule has 4 heteroatoms. The fourth-order valence-electron chi connectivity index (χ4n) is 3.30. The third-order valence-electron chi connectivity index (χ3n) is 4.27. The van der Waals surface area contributed by atoms with Gasteiger partial charge in [-0.15, -0.1) is 11.3 Å². The lowest BCUT2D eigenvalue weighted by atomic mass is 10.1. The van der Waals surface area contributed by atoms with Crippen molar-refractivity contribution in [1.29, 1.82) is 0 Å². The monoisotopic (exact) mass is 280 g/mol. The Labute approximate surface area is 119 Å². The second-order valence-electron chi connectivity index (χ2n) is 5.63. The minimum absolute atomic E-state index is 0.522. The summed E-state index contributed by atoms with van der Waals surface area (Å²) in [5, 5.41) is 3.57. The van der Waals surface area contributed by atoms with Crippen LogP contribution >= 0.6 is 11.3 Å². The van der Waals surface area contributed by atoms with E-state index in [1.807, 2.05) is 11.3 Å². The second kappa shape index (κ2) is 6.35. The minimum atomic E-state index is 0.522. The molecule has 106 valence electrons. The van der Waals surface area contributed by atoms with Gasteiger partial charge < -0.3 is 10.1 Å². The molecule has 0 radical (unpaired) electrons. The number of aryl methyl sites for hydroxylation is 1. The number of hydrogen-bond acceptors (Lipinski definition) is 4. The Hall–Kier alpha value is -0.420. The van der Waals surface area contributed by atoms with Crippen LogP contribution in [0, 0.1) is 6.92 Å². The highest BCUT2D eigenvalue weighted by Gasteiger charge is 2.35. The van der Waals surface area contributed by atoms with Gasteiger partial charge in [0.2, 0.25) is 0 Å². The molecule has 0 spiro atoms. The van der Waals surface area contributed by atoms with E-state index in [-0.39, 0.29) is 0 Å². The Balaban J connectivity index is 1.39. The number of nitrogens with zero attached hydrogens (tertiary/aromatic N) is 1. The summed E-state index contributed by atoms with van der Waals surface area (Å²) in [7, 11) is 0. The number of ether oxygens (including phenoxy) is 1. The summed E-state index contributed by atoms with van der Waals surface area (Å²) in [5.74, 6) is 0. The highest BCUT2D eigenvalue weighted by atomic mass is 32.1. The normalized spacial score (nSPS) is 27.6. The Kier molecular flexibility index (Phi) is 4.53. The van der Waals surface area contributed by atoms with Crippen LogP contribution in [0.3, 0.4) is 0 Å². The van der Waals surface area contributed by atoms with Crippen LogP contribution in [-0.4, -0.2) is 43.3 Å². The molecule has 1 N–H and O–H groups in total. The average Bonchev–Trinajstić information content (AvgIpc) is 3.03. The van der Waals surface area contributed by atoms with E-state index in [2.05, 4.69) is 29.3 Å². The van der Waals surface area contributed by atoms with Crippen LogP contribution in [0.25, 0.3) is 0 Å². The molecule has 1 saturated heterocycles. The van der Waals surface area contributed by atoms with Crippen molar-refractivity contribution in [2.45, 2.75) is 44.9 Å². The molecule has 2 heterocycles. The molecule has 2 aliphatic rings. The summed E-state index contributed by atoms with van der Waals surface area (Å²) in [6.45, 7) is 7.46. The third-order valence-corrected chi connectivity index (χ3v) is 5.27. The Morgan fingerprint density at radius 1 is 1.42 bits per heavy atom. The van der Waals surface area contributed by atoms with Crippen molar-refractivity contribution in [3.05, 3.63) is 21.9 Å². The standard InChI is InChI=1S/C15H24N2OS/c1-12-5-6-13(19-12)11-16-7-8-17-9-10-18-15-4-2-3-14(15)17/h5-6,14-16H,2-4,7-11H2,1H3. The number of nitrogens with one attached hydrogen (secondary N) is 1. The number of morpholine rings is 1. The first-order valence-electron chi connectivity index (χ1n) is 7.44. The zero-order valence-corrected chi connectivity index (χ0v) is 12.5. The molecule has 1 aromatic rings. The summed E-state index contributed by atoms with van der Waals surface area (Å²) in [4.78, 5) is 5.48. The lowest BCUT2D eigenvalue weighted by molar-refractivity contribution is -0.0548. The maximum atomic E-state index is 5.85. The van der Waals surface area contributed by atoms with Gasteiger partial charge in [0.15, 0.2) is 0 Å². The Bertz CT molecular complexity index is 407. The highest BCUT2D eigenvalue weighted by Crippen LogP contribution is 2.29. The van der Waals surface area contributed by atoms with Gasteiger partial charge in [0.25, 0.3) is 0 Å². The van der Waals surface area contributed by atoms with Crippen LogP contribution in [0.2, 0.25) is 0 Å². The molecule has 3 rings (SSSR count). The molecule has 2 atom stereocenters. The van der Waals surface area contributed by atoms with Crippen LogP contribution in [0.15, 0.2) is 12.1 Å². The van der Waals surface area contributed by atoms with Gasteiger partial charge in [-0.25, -0.2) is 0 Å². The maximum Gasteiger partial charge on any atom is 0.0730 e. The van der Waals surface area contributed by atoms with Crippen molar-refractivity contribution in [3.63, 3.8) is 0 Å². The Morgan fingerprint density at radius 2 is 2.37 bits per heavy atom. The molecule has 2 fully saturated rings. The van der Waals surface area contributed by atoms with Crippen LogP contribution in [0.4, 0.5) is 0 Å². The predicted molar refractivity (Wildman–Crippen MR) is 79.7 cm³/mol. The smallest absolute Gasteiger partial charge is 0.0730 e. The van der Waals surface area contributed by atoms with Gasteiger partial charge in [-0.3, -0.25) is 4.90 Å². The lowest BCUT2D eigenvalue weighted by Crippen LogP contribution is -2.50. The molecule has 0 bridgehead atoms. The quantitative estimate of drug-likeness (QED) is 0.838. The summed E-state index contributed by atoms with van der Waals surface area (Å²) < 4.78 is 5.85. The van der Waals surface area contributed by atoms with E-state index in [0.29, 0.717) is 12.1 Å². The number of rotatable bonds is 5. The third kappa shape index (κ3) is 3.37. The van der Waals surface area contributed by atoms with Gasteiger partial charge in [0, 0.05) is 42.0 Å². The molecule has 1 aliphatic carbocycles. The van der Waals surface area contributed by atoms with E-state index in [9.17, 15) is 0 Å². The number of thiophene rings is 1. The summed E-state index contributed by atoms with van der Waals surface area (Å²) in [6.07, 6.45) is 4.46. The van der Waals surface area contributed by atoms with Crippen molar-refractivity contribution in [2.24, 2.45) is 0 Å². The van der Waals surface area contributed by atoms with Crippen molar-refractivity contribution in [2.75, 3.05) is 26.2 Å². The molecular formula is C15H24N2OS. The summed E-state index contributed by atoms with van der Waals surface area (Å²) in [6, 6.07) is 5.13. The fourth-order valence-corrected chi connectivity index (χ4v) is 4.16. The van der Waals surface area contributed by atoms with Crippen molar-refractivity contribution < 1.29 is 4.74 Å². The second-order valence-corrected chi connectivity index (χ2v) is 7.01. The van der Waals surface area contributed by atoms with E-state index in [1.165, 1.54) is 29.0 Å². The first-order valence-corrected chi connectivity index (χ1v) is 8.26. The summed E-state index contributed by atoms with van der Waals surface area (Å²) in [5.41, 5.74) is 0. The molecule has 19 heavy (non-hydrogen) atoms. The van der Waals surface area contributed by atoms with Crippen LogP contribution in [0.1, 0.15) is 29.0 Å². The lowest BCUT2D eigenvalue weighted by Gasteiger charge is -2.37. The zero-order valence-electron chi connectivity index (χ0n) is 11.7. The van der Waals surface area contributed by atoms with Gasteiger partial charge in [0.05, 0.1) is 12.7 Å². The van der Waals surface area contributed by atoms with E-state index < -0.39 is 0 Å². The van der Waals surface area contributed by atoms with Gasteiger partial charge in [0.1, 0.15) is 0 Å². The Morgan fingerprint density at radius 3 is 3.21 bits per heavy atom. The number of fused-ring (bicyclic) bond motifs is 1. The molecule has 1 saturated carbocycles. The fraction of sp³-hybridized carbons (Fsp3) is 0.733. The van der Waals surface area contributed by atoms with Crippen LogP contribution in [-0.2, 0) is 11.3 Å². The molecule has 2 unspecified atom stereocenters. The SMILES string of the molecule is Cc1ccc(CNCCN2CCOC3CCCC32)s1. The highest BCUT2D eigenvalue weighted by molar-refractivity contribution is 7.11. The summed E-state index contributed by atoms with van der Waals surface area (Å²) >= 11 is 1.89. The minimum Gasteiger partial charge on any atom is -0.375 e. The van der Waals surface area contributed by atoms with Gasteiger partial charge >= 0.3 is 0 Å². The van der Waals surface area contributed by atoms with Crippen molar-refractivity contribution in [3.8, 4) is 0 Å². The van der Waals surface area contributed by atoms with E-state index >= 15 is 0 Å². The first kappa shape index (κ1) is 13.6. The molecule has 0 amide bonds. The molecule has 1 aliphatic heterocycles. The zero-order chi connectivity index (χ0) is 13.1. The first-order chi connectivity index (χ1) is 9.33. The van der Waals surface area contributed by atoms with E-state index in [0.717, 1.165) is 32.8 Å². The largest absolute Gasteiger partial charge is 0.375 e. The molecular weight excluding hydrogens is 256 g/mol. The topological polar surface area (TPSA) is 24.5 Å². The molecule has 3 nitrogen and oxygen atoms in total. The molecule has 1 aromatic heterocycles. The van der Waals surface area contributed by atoms with E-state index in [4.69, 9.17) is 4.74 Å². The van der Waals surface area contributed by atoms with Crippen molar-refractivity contribution >= 4 is 11.3 Å². The van der Waals surface area contributed by atoms with Crippen molar-refractivity contribution in [1.82, 2.24) is 10.2 Å². The van der Waals surface area contributed by atoms with Gasteiger partial charge in [-0.1, -0.05) is 0 Å². The van der Waals surface area contributed by atoms with Gasteiger partial charge in [-0.2, -0.15) is 0 Å².